The van der Waals surface area contributed by atoms with Crippen LogP contribution in [-0.2, 0) is 4.79 Å². The minimum Gasteiger partial charge on any atom is -0.398 e. The number of nitrogens with one attached hydrogen (secondary N) is 1. The molecule has 0 saturated carbocycles. The lowest BCUT2D eigenvalue weighted by atomic mass is 10.1. The van der Waals surface area contributed by atoms with Gasteiger partial charge < -0.3 is 11.1 Å². The van der Waals surface area contributed by atoms with E-state index in [0.717, 1.165) is 5.56 Å². The molecule has 0 saturated heterocycles. The summed E-state index contributed by atoms with van der Waals surface area (Å²) in [5, 5.41) is 7.61. The highest BCUT2D eigenvalue weighted by Gasteiger charge is 2.18. The Morgan fingerprint density at radius 3 is 2.75 bits per heavy atom. The first-order valence-electron chi connectivity index (χ1n) is 6.27. The van der Waals surface area contributed by atoms with E-state index in [2.05, 4.69) is 10.4 Å². The fourth-order valence-electron chi connectivity index (χ4n) is 1.80. The number of carbonyl (C=O) groups is 1. The molecular formula is C14H17ClN4O. The lowest BCUT2D eigenvalue weighted by Crippen LogP contribution is -2.24. The van der Waals surface area contributed by atoms with Crippen molar-refractivity contribution in [1.29, 1.82) is 0 Å². The van der Waals surface area contributed by atoms with E-state index in [1.807, 2.05) is 13.0 Å². The van der Waals surface area contributed by atoms with Gasteiger partial charge in [-0.1, -0.05) is 17.7 Å². The number of benzene rings is 1. The van der Waals surface area contributed by atoms with E-state index in [4.69, 9.17) is 17.3 Å². The van der Waals surface area contributed by atoms with Crippen molar-refractivity contribution in [2.75, 3.05) is 11.1 Å². The second kappa shape index (κ2) is 5.54. The number of hydrogen-bond donors (Lipinski definition) is 2. The van der Waals surface area contributed by atoms with E-state index in [0.29, 0.717) is 22.1 Å². The lowest BCUT2D eigenvalue weighted by Gasteiger charge is -2.15. The van der Waals surface area contributed by atoms with Crippen molar-refractivity contribution < 1.29 is 4.79 Å². The molecule has 1 amide bonds. The van der Waals surface area contributed by atoms with E-state index in [1.165, 1.54) is 0 Å². The minimum atomic E-state index is -0.456. The lowest BCUT2D eigenvalue weighted by molar-refractivity contribution is -0.119. The summed E-state index contributed by atoms with van der Waals surface area (Å²) in [4.78, 5) is 12.2. The topological polar surface area (TPSA) is 72.9 Å². The van der Waals surface area contributed by atoms with Crippen molar-refractivity contribution in [3.8, 4) is 0 Å². The summed E-state index contributed by atoms with van der Waals surface area (Å²) < 4.78 is 1.55. The second-order valence-corrected chi connectivity index (χ2v) is 5.13. The Labute approximate surface area is 122 Å². The third-order valence-corrected chi connectivity index (χ3v) is 3.64. The standard InChI is InChI=1S/C14H17ClN4O/c1-8-12(16)5-4-6-13(8)17-14(20)10(3)19-7-11(15)9(2)18-19/h4-7,10H,16H2,1-3H3,(H,17,20). The fourth-order valence-corrected chi connectivity index (χ4v) is 1.94. The number of anilines is 2. The molecule has 2 aromatic rings. The van der Waals surface area contributed by atoms with Crippen molar-refractivity contribution in [3.05, 3.63) is 40.7 Å². The molecule has 1 heterocycles. The van der Waals surface area contributed by atoms with Gasteiger partial charge in [0.1, 0.15) is 6.04 Å². The molecule has 1 atom stereocenters. The Morgan fingerprint density at radius 1 is 1.45 bits per heavy atom. The van der Waals surface area contributed by atoms with E-state index in [-0.39, 0.29) is 5.91 Å². The van der Waals surface area contributed by atoms with Gasteiger partial charge in [0.05, 0.1) is 10.7 Å². The van der Waals surface area contributed by atoms with E-state index in [1.54, 1.807) is 36.9 Å². The molecule has 0 fully saturated rings. The molecule has 0 aliphatic carbocycles. The molecule has 5 nitrogen and oxygen atoms in total. The highest BCUT2D eigenvalue weighted by molar-refractivity contribution is 6.31. The van der Waals surface area contributed by atoms with Gasteiger partial charge in [-0.05, 0) is 38.5 Å². The Bertz CT molecular complexity index is 631. The van der Waals surface area contributed by atoms with E-state index < -0.39 is 6.04 Å². The Hall–Kier alpha value is -2.01. The van der Waals surface area contributed by atoms with Gasteiger partial charge in [0.15, 0.2) is 0 Å². The fraction of sp³-hybridized carbons (Fsp3) is 0.286. The average Bonchev–Trinajstić information content (AvgIpc) is 2.74. The summed E-state index contributed by atoms with van der Waals surface area (Å²) in [5.41, 5.74) is 8.72. The Kier molecular flexibility index (Phi) is 3.99. The smallest absolute Gasteiger partial charge is 0.248 e. The van der Waals surface area contributed by atoms with Crippen LogP contribution in [0.25, 0.3) is 0 Å². The molecule has 1 aromatic carbocycles. The van der Waals surface area contributed by atoms with Crippen molar-refractivity contribution in [2.24, 2.45) is 0 Å². The van der Waals surface area contributed by atoms with Crippen LogP contribution >= 0.6 is 11.6 Å². The number of nitrogen functional groups attached to an aromatic ring is 1. The van der Waals surface area contributed by atoms with Crippen molar-refractivity contribution in [1.82, 2.24) is 9.78 Å². The number of amides is 1. The second-order valence-electron chi connectivity index (χ2n) is 4.73. The number of nitrogens with zero attached hydrogens (tertiary/aromatic N) is 2. The molecule has 0 spiro atoms. The number of nitrogens with two attached hydrogens (primary N) is 1. The zero-order valence-corrected chi connectivity index (χ0v) is 12.4. The Morgan fingerprint density at radius 2 is 2.15 bits per heavy atom. The summed E-state index contributed by atoms with van der Waals surface area (Å²) >= 11 is 5.95. The van der Waals surface area contributed by atoms with Crippen molar-refractivity contribution in [3.63, 3.8) is 0 Å². The number of carbonyl (C=O) groups excluding carboxylic acids is 1. The van der Waals surface area contributed by atoms with Crippen LogP contribution in [0.3, 0.4) is 0 Å². The van der Waals surface area contributed by atoms with Gasteiger partial charge in [-0.15, -0.1) is 0 Å². The molecule has 0 aliphatic heterocycles. The average molecular weight is 293 g/mol. The number of rotatable bonds is 3. The SMILES string of the molecule is Cc1nn(C(C)C(=O)Nc2cccc(N)c2C)cc1Cl. The van der Waals surface area contributed by atoms with E-state index in [9.17, 15) is 4.79 Å². The van der Waals surface area contributed by atoms with Crippen LogP contribution < -0.4 is 11.1 Å². The normalized spacial score (nSPS) is 12.2. The zero-order valence-electron chi connectivity index (χ0n) is 11.6. The molecule has 20 heavy (non-hydrogen) atoms. The summed E-state index contributed by atoms with van der Waals surface area (Å²) in [6, 6.07) is 4.96. The third kappa shape index (κ3) is 2.77. The zero-order chi connectivity index (χ0) is 14.9. The van der Waals surface area contributed by atoms with Gasteiger partial charge in [-0.25, -0.2) is 0 Å². The third-order valence-electron chi connectivity index (χ3n) is 3.27. The maximum absolute atomic E-state index is 12.2. The quantitative estimate of drug-likeness (QED) is 0.854. The van der Waals surface area contributed by atoms with Gasteiger partial charge >= 0.3 is 0 Å². The molecule has 0 radical (unpaired) electrons. The highest BCUT2D eigenvalue weighted by Crippen LogP contribution is 2.22. The largest absolute Gasteiger partial charge is 0.398 e. The van der Waals surface area contributed by atoms with Crippen LogP contribution in [0.4, 0.5) is 11.4 Å². The molecule has 0 aliphatic rings. The number of halogens is 1. The number of aryl methyl sites for hydroxylation is 1. The first-order chi connectivity index (χ1) is 9.40. The van der Waals surface area contributed by atoms with Gasteiger partial charge in [0.25, 0.3) is 0 Å². The number of hydrogen-bond acceptors (Lipinski definition) is 3. The van der Waals surface area contributed by atoms with Crippen molar-refractivity contribution >= 4 is 28.9 Å². The molecule has 106 valence electrons. The number of aromatic nitrogens is 2. The maximum Gasteiger partial charge on any atom is 0.248 e. The molecule has 1 unspecified atom stereocenters. The van der Waals surface area contributed by atoms with Crippen LogP contribution in [0, 0.1) is 13.8 Å². The van der Waals surface area contributed by atoms with Gasteiger partial charge in [-0.2, -0.15) is 5.10 Å². The van der Waals surface area contributed by atoms with Crippen LogP contribution in [0.2, 0.25) is 5.02 Å². The first kappa shape index (κ1) is 14.4. The minimum absolute atomic E-state index is 0.169. The summed E-state index contributed by atoms with van der Waals surface area (Å²) in [6.45, 7) is 5.43. The van der Waals surface area contributed by atoms with Crippen LogP contribution in [0.5, 0.6) is 0 Å². The van der Waals surface area contributed by atoms with Crippen LogP contribution in [-0.4, -0.2) is 15.7 Å². The molecule has 1 aromatic heterocycles. The van der Waals surface area contributed by atoms with E-state index >= 15 is 0 Å². The first-order valence-corrected chi connectivity index (χ1v) is 6.65. The monoisotopic (exact) mass is 292 g/mol. The maximum atomic E-state index is 12.2. The summed E-state index contributed by atoms with van der Waals surface area (Å²) in [7, 11) is 0. The molecular weight excluding hydrogens is 276 g/mol. The highest BCUT2D eigenvalue weighted by atomic mass is 35.5. The predicted octanol–water partition coefficient (Wildman–Crippen LogP) is 2.94. The molecule has 0 bridgehead atoms. The summed E-state index contributed by atoms with van der Waals surface area (Å²) in [5.74, 6) is -0.169. The Balaban J connectivity index is 2.17. The van der Waals surface area contributed by atoms with Crippen LogP contribution in [0.15, 0.2) is 24.4 Å². The predicted molar refractivity (Wildman–Crippen MR) is 80.9 cm³/mol. The molecule has 2 rings (SSSR count). The van der Waals surface area contributed by atoms with Crippen LogP contribution in [0.1, 0.15) is 24.2 Å². The summed E-state index contributed by atoms with van der Waals surface area (Å²) in [6.07, 6.45) is 1.65. The van der Waals surface area contributed by atoms with Gasteiger partial charge in [0.2, 0.25) is 5.91 Å². The van der Waals surface area contributed by atoms with Gasteiger partial charge in [-0.3, -0.25) is 9.48 Å². The van der Waals surface area contributed by atoms with Gasteiger partial charge in [0, 0.05) is 17.6 Å². The molecule has 3 N–H and O–H groups in total. The van der Waals surface area contributed by atoms with Crippen molar-refractivity contribution in [2.45, 2.75) is 26.8 Å². The molecule has 6 heteroatoms.